The van der Waals surface area contributed by atoms with Crippen LogP contribution < -0.4 is 5.32 Å². The predicted molar refractivity (Wildman–Crippen MR) is 69.6 cm³/mol. The molecule has 0 radical (unpaired) electrons. The number of rotatable bonds is 7. The third-order valence-corrected chi connectivity index (χ3v) is 4.18. The van der Waals surface area contributed by atoms with Gasteiger partial charge < -0.3 is 13.8 Å². The number of hydrogen-bond acceptors (Lipinski definition) is 6. The van der Waals surface area contributed by atoms with Gasteiger partial charge in [0.15, 0.2) is 0 Å². The summed E-state index contributed by atoms with van der Waals surface area (Å²) in [6.45, 7) is 8.98. The van der Waals surface area contributed by atoms with Crippen LogP contribution in [0.5, 0.6) is 0 Å². The van der Waals surface area contributed by atoms with Crippen LogP contribution in [-0.2, 0) is 23.1 Å². The quantitative estimate of drug-likeness (QED) is 0.569. The third-order valence-electron chi connectivity index (χ3n) is 1.84. The minimum Gasteiger partial charge on any atom is -0.458 e. The Morgan fingerprint density at radius 3 is 1.94 bits per heavy atom. The van der Waals surface area contributed by atoms with Crippen LogP contribution in [0.25, 0.3) is 0 Å². The number of likely N-dealkylation sites (N-methyl/N-ethyl adjacent to an activating group) is 1. The van der Waals surface area contributed by atoms with E-state index in [1.54, 1.807) is 34.6 Å². The van der Waals surface area contributed by atoms with Gasteiger partial charge in [-0.05, 0) is 41.7 Å². The Morgan fingerprint density at radius 2 is 1.67 bits per heavy atom. The van der Waals surface area contributed by atoms with Gasteiger partial charge in [0.25, 0.3) is 0 Å². The van der Waals surface area contributed by atoms with Crippen molar-refractivity contribution in [1.29, 1.82) is 0 Å². The van der Waals surface area contributed by atoms with E-state index in [4.69, 9.17) is 13.8 Å². The van der Waals surface area contributed by atoms with Crippen molar-refractivity contribution in [3.05, 3.63) is 0 Å². The van der Waals surface area contributed by atoms with Crippen molar-refractivity contribution in [1.82, 2.24) is 5.32 Å². The van der Waals surface area contributed by atoms with Crippen LogP contribution in [0.3, 0.4) is 0 Å². The van der Waals surface area contributed by atoms with Crippen molar-refractivity contribution >= 4 is 13.6 Å². The number of esters is 1. The lowest BCUT2D eigenvalue weighted by molar-refractivity contribution is -0.155. The molecule has 7 heteroatoms. The zero-order chi connectivity index (χ0) is 14.4. The summed E-state index contributed by atoms with van der Waals surface area (Å²) in [4.78, 5) is 12.0. The highest BCUT2D eigenvalue weighted by Gasteiger charge is 2.42. The molecule has 0 spiro atoms. The molecular formula is C11H24NO5P. The van der Waals surface area contributed by atoms with Gasteiger partial charge in [0.05, 0.1) is 13.2 Å². The predicted octanol–water partition coefficient (Wildman–Crippen LogP) is 2.14. The maximum Gasteiger partial charge on any atom is 0.358 e. The fourth-order valence-electron chi connectivity index (χ4n) is 1.31. The van der Waals surface area contributed by atoms with E-state index < -0.39 is 24.9 Å². The van der Waals surface area contributed by atoms with Gasteiger partial charge in [-0.1, -0.05) is 0 Å². The summed E-state index contributed by atoms with van der Waals surface area (Å²) in [5.41, 5.74) is -0.657. The Labute approximate surface area is 109 Å². The number of nitrogens with one attached hydrogen (secondary N) is 1. The summed E-state index contributed by atoms with van der Waals surface area (Å²) in [5, 5.41) is 2.65. The van der Waals surface area contributed by atoms with Crippen molar-refractivity contribution in [3.8, 4) is 0 Å². The lowest BCUT2D eigenvalue weighted by Gasteiger charge is -2.27. The van der Waals surface area contributed by atoms with E-state index >= 15 is 0 Å². The second kappa shape index (κ2) is 7.24. The van der Waals surface area contributed by atoms with E-state index in [9.17, 15) is 9.36 Å². The normalized spacial score (nSPS) is 14.3. The highest BCUT2D eigenvalue weighted by molar-refractivity contribution is 7.55. The van der Waals surface area contributed by atoms with Crippen molar-refractivity contribution < 1.29 is 23.1 Å². The van der Waals surface area contributed by atoms with Crippen molar-refractivity contribution in [2.24, 2.45) is 0 Å². The molecule has 0 heterocycles. The van der Waals surface area contributed by atoms with Gasteiger partial charge in [0.1, 0.15) is 5.60 Å². The average Bonchev–Trinajstić information content (AvgIpc) is 2.15. The van der Waals surface area contributed by atoms with E-state index in [2.05, 4.69) is 5.32 Å². The molecular weight excluding hydrogens is 257 g/mol. The summed E-state index contributed by atoms with van der Waals surface area (Å²) in [6, 6.07) is 0. The van der Waals surface area contributed by atoms with E-state index in [0.29, 0.717) is 0 Å². The molecule has 0 saturated heterocycles. The minimum atomic E-state index is -3.56. The van der Waals surface area contributed by atoms with Gasteiger partial charge in [0, 0.05) is 0 Å². The van der Waals surface area contributed by atoms with E-state index in [1.807, 2.05) is 0 Å². The highest BCUT2D eigenvalue weighted by atomic mass is 31.2. The molecule has 0 fully saturated rings. The zero-order valence-corrected chi connectivity index (χ0v) is 12.9. The second-order valence-corrected chi connectivity index (χ2v) is 6.71. The van der Waals surface area contributed by atoms with Crippen LogP contribution in [0.1, 0.15) is 34.6 Å². The van der Waals surface area contributed by atoms with Gasteiger partial charge >= 0.3 is 13.6 Å². The van der Waals surface area contributed by atoms with Crippen molar-refractivity contribution in [2.75, 3.05) is 20.3 Å². The van der Waals surface area contributed by atoms with Crippen LogP contribution in [-0.4, -0.2) is 37.6 Å². The zero-order valence-electron chi connectivity index (χ0n) is 12.0. The molecule has 1 unspecified atom stereocenters. The summed E-state index contributed by atoms with van der Waals surface area (Å²) < 4.78 is 27.9. The first-order chi connectivity index (χ1) is 8.20. The lowest BCUT2D eigenvalue weighted by Crippen LogP contribution is -2.40. The Hall–Kier alpha value is -0.420. The summed E-state index contributed by atoms with van der Waals surface area (Å²) in [5.74, 6) is -1.76. The Bertz CT molecular complexity index is 303. The van der Waals surface area contributed by atoms with Crippen LogP contribution in [0, 0.1) is 0 Å². The summed E-state index contributed by atoms with van der Waals surface area (Å²) in [6.07, 6.45) is 0. The topological polar surface area (TPSA) is 73.9 Å². The maximum absolute atomic E-state index is 12.5. The molecule has 108 valence electrons. The van der Waals surface area contributed by atoms with Gasteiger partial charge in [-0.25, -0.2) is 4.79 Å². The van der Waals surface area contributed by atoms with E-state index in [1.165, 1.54) is 7.05 Å². The molecule has 0 saturated carbocycles. The number of carbonyl (C=O) groups is 1. The molecule has 1 atom stereocenters. The SMILES string of the molecule is CCOP(=O)(OCC)C(NC)C(=O)OC(C)(C)C. The van der Waals surface area contributed by atoms with Gasteiger partial charge in [-0.15, -0.1) is 0 Å². The molecule has 0 aliphatic heterocycles. The van der Waals surface area contributed by atoms with Crippen LogP contribution in [0.15, 0.2) is 0 Å². The maximum atomic E-state index is 12.5. The summed E-state index contributed by atoms with van der Waals surface area (Å²) in [7, 11) is -2.04. The fraction of sp³-hybridized carbons (Fsp3) is 0.909. The molecule has 0 aromatic heterocycles. The molecule has 0 aromatic carbocycles. The Balaban J connectivity index is 5.01. The number of hydrogen-bond donors (Lipinski definition) is 1. The molecule has 1 N–H and O–H groups in total. The molecule has 0 amide bonds. The van der Waals surface area contributed by atoms with Crippen molar-refractivity contribution in [2.45, 2.75) is 46.0 Å². The third kappa shape index (κ3) is 5.48. The molecule has 6 nitrogen and oxygen atoms in total. The van der Waals surface area contributed by atoms with Crippen LogP contribution in [0.4, 0.5) is 0 Å². The monoisotopic (exact) mass is 281 g/mol. The van der Waals surface area contributed by atoms with Gasteiger partial charge in [-0.2, -0.15) is 0 Å². The minimum absolute atomic E-state index is 0.193. The molecule has 0 aliphatic carbocycles. The first-order valence-electron chi connectivity index (χ1n) is 5.99. The largest absolute Gasteiger partial charge is 0.458 e. The standard InChI is InChI=1S/C11H24NO5P/c1-7-15-18(14,16-8-2)9(12-6)10(13)17-11(3,4)5/h9,12H,7-8H2,1-6H3. The van der Waals surface area contributed by atoms with Gasteiger partial charge in [0.2, 0.25) is 5.78 Å². The van der Waals surface area contributed by atoms with Crippen molar-refractivity contribution in [3.63, 3.8) is 0 Å². The highest BCUT2D eigenvalue weighted by Crippen LogP contribution is 2.52. The fourth-order valence-corrected chi connectivity index (χ4v) is 3.03. The molecule has 0 aromatic rings. The Kier molecular flexibility index (Phi) is 7.07. The average molecular weight is 281 g/mol. The molecule has 0 bridgehead atoms. The smallest absolute Gasteiger partial charge is 0.358 e. The molecule has 0 aliphatic rings. The number of ether oxygens (including phenoxy) is 1. The van der Waals surface area contributed by atoms with Crippen LogP contribution in [0.2, 0.25) is 0 Å². The Morgan fingerprint density at radius 1 is 1.22 bits per heavy atom. The van der Waals surface area contributed by atoms with Gasteiger partial charge in [-0.3, -0.25) is 9.88 Å². The number of carbonyl (C=O) groups excluding carboxylic acids is 1. The van der Waals surface area contributed by atoms with Crippen LogP contribution >= 0.6 is 7.60 Å². The van der Waals surface area contributed by atoms with E-state index in [0.717, 1.165) is 0 Å². The molecule has 0 rings (SSSR count). The summed E-state index contributed by atoms with van der Waals surface area (Å²) >= 11 is 0. The molecule has 18 heavy (non-hydrogen) atoms. The second-order valence-electron chi connectivity index (χ2n) is 4.60. The first-order valence-corrected chi connectivity index (χ1v) is 7.60. The van der Waals surface area contributed by atoms with E-state index in [-0.39, 0.29) is 13.2 Å². The first kappa shape index (κ1) is 17.6. The lowest BCUT2D eigenvalue weighted by atomic mass is 10.2.